The molecule has 0 bridgehead atoms. The highest BCUT2D eigenvalue weighted by molar-refractivity contribution is 7.99. The molecule has 168 valence electrons. The average molecular weight is 471 g/mol. The molecule has 0 spiro atoms. The molecule has 3 rings (SSSR count). The molecule has 1 aromatic heterocycles. The summed E-state index contributed by atoms with van der Waals surface area (Å²) in [5, 5.41) is 12.8. The fourth-order valence-corrected chi connectivity index (χ4v) is 4.23. The van der Waals surface area contributed by atoms with Crippen molar-refractivity contribution in [3.63, 3.8) is 0 Å². The number of rotatable bonds is 10. The molecule has 1 atom stereocenters. The lowest BCUT2D eigenvalue weighted by Gasteiger charge is -2.16. The smallest absolute Gasteiger partial charge is 0.234 e. The van der Waals surface area contributed by atoms with Crippen LogP contribution in [0.3, 0.4) is 0 Å². The summed E-state index contributed by atoms with van der Waals surface area (Å²) in [7, 11) is 0. The van der Waals surface area contributed by atoms with Crippen molar-refractivity contribution in [1.82, 2.24) is 14.8 Å². The van der Waals surface area contributed by atoms with E-state index in [0.717, 1.165) is 23.2 Å². The van der Waals surface area contributed by atoms with E-state index in [-0.39, 0.29) is 17.8 Å². The van der Waals surface area contributed by atoms with Crippen molar-refractivity contribution in [3.05, 3.63) is 77.1 Å². The third kappa shape index (κ3) is 5.72. The highest BCUT2D eigenvalue weighted by atomic mass is 35.5. The van der Waals surface area contributed by atoms with E-state index in [1.807, 2.05) is 54.8 Å². The van der Waals surface area contributed by atoms with E-state index in [9.17, 15) is 4.79 Å². The van der Waals surface area contributed by atoms with Crippen molar-refractivity contribution in [2.75, 3.05) is 11.1 Å². The molecule has 6 nitrogen and oxygen atoms in total. The average Bonchev–Trinajstić information content (AvgIpc) is 3.18. The van der Waals surface area contributed by atoms with Crippen LogP contribution < -0.4 is 10.1 Å². The van der Waals surface area contributed by atoms with Crippen LogP contribution in [0.5, 0.6) is 5.75 Å². The topological polar surface area (TPSA) is 69.0 Å². The molecule has 0 aliphatic heterocycles. The maximum Gasteiger partial charge on any atom is 0.234 e. The van der Waals surface area contributed by atoms with E-state index in [0.29, 0.717) is 28.3 Å². The minimum Gasteiger partial charge on any atom is -0.481 e. The SMILES string of the molecule is C=CCn1c(SCC(=O)Nc2c(C)cccc2CC)nnc1C(C)Oc1ccccc1Cl. The fourth-order valence-electron chi connectivity index (χ4n) is 3.30. The molecular formula is C24H27ClN4O2S. The summed E-state index contributed by atoms with van der Waals surface area (Å²) in [6.45, 7) is 10.3. The second kappa shape index (κ2) is 11.2. The van der Waals surface area contributed by atoms with Gasteiger partial charge in [0, 0.05) is 12.2 Å². The summed E-state index contributed by atoms with van der Waals surface area (Å²) in [6, 6.07) is 13.3. The molecule has 3 aromatic rings. The molecule has 0 radical (unpaired) electrons. The summed E-state index contributed by atoms with van der Waals surface area (Å²) in [5.74, 6) is 1.34. The predicted octanol–water partition coefficient (Wildman–Crippen LogP) is 5.86. The minimum atomic E-state index is -0.385. The number of para-hydroxylation sites is 2. The molecule has 1 N–H and O–H groups in total. The molecule has 0 saturated carbocycles. The van der Waals surface area contributed by atoms with Gasteiger partial charge < -0.3 is 10.1 Å². The summed E-state index contributed by atoms with van der Waals surface area (Å²) in [4.78, 5) is 12.6. The Morgan fingerprint density at radius 3 is 2.78 bits per heavy atom. The summed E-state index contributed by atoms with van der Waals surface area (Å²) in [6.07, 6.45) is 2.23. The van der Waals surface area contributed by atoms with E-state index in [2.05, 4.69) is 29.0 Å². The third-order valence-electron chi connectivity index (χ3n) is 4.90. The first-order valence-electron chi connectivity index (χ1n) is 10.4. The van der Waals surface area contributed by atoms with Crippen LogP contribution in [-0.2, 0) is 17.8 Å². The van der Waals surface area contributed by atoms with Gasteiger partial charge in [-0.3, -0.25) is 9.36 Å². The molecule has 0 aliphatic rings. The number of halogens is 1. The summed E-state index contributed by atoms with van der Waals surface area (Å²) < 4.78 is 7.90. The second-order valence-electron chi connectivity index (χ2n) is 7.23. The maximum absolute atomic E-state index is 12.6. The van der Waals surface area contributed by atoms with Crippen LogP contribution in [-0.4, -0.2) is 26.4 Å². The normalized spacial score (nSPS) is 11.8. The van der Waals surface area contributed by atoms with E-state index in [1.54, 1.807) is 12.1 Å². The maximum atomic E-state index is 12.6. The van der Waals surface area contributed by atoms with Crippen molar-refractivity contribution in [3.8, 4) is 5.75 Å². The monoisotopic (exact) mass is 470 g/mol. The zero-order valence-electron chi connectivity index (χ0n) is 18.5. The van der Waals surface area contributed by atoms with Gasteiger partial charge in [0.05, 0.1) is 10.8 Å². The summed E-state index contributed by atoms with van der Waals surface area (Å²) >= 11 is 7.54. The lowest BCUT2D eigenvalue weighted by atomic mass is 10.1. The number of nitrogens with zero attached hydrogens (tertiary/aromatic N) is 3. The van der Waals surface area contributed by atoms with Gasteiger partial charge in [-0.1, -0.05) is 66.7 Å². The van der Waals surface area contributed by atoms with Gasteiger partial charge in [-0.2, -0.15) is 0 Å². The zero-order valence-corrected chi connectivity index (χ0v) is 20.0. The molecular weight excluding hydrogens is 444 g/mol. The number of nitrogens with one attached hydrogen (secondary N) is 1. The van der Waals surface area contributed by atoms with Gasteiger partial charge in [-0.05, 0) is 43.5 Å². The van der Waals surface area contributed by atoms with Crippen LogP contribution in [0.2, 0.25) is 5.02 Å². The first kappa shape index (κ1) is 23.9. The molecule has 0 aliphatic carbocycles. The van der Waals surface area contributed by atoms with Gasteiger partial charge in [0.2, 0.25) is 5.91 Å². The van der Waals surface area contributed by atoms with Crippen molar-refractivity contribution in [2.45, 2.75) is 45.0 Å². The number of hydrogen-bond acceptors (Lipinski definition) is 5. The Labute approximate surface area is 198 Å². The number of aromatic nitrogens is 3. The summed E-state index contributed by atoms with van der Waals surface area (Å²) in [5.41, 5.74) is 3.05. The van der Waals surface area contributed by atoms with Gasteiger partial charge in [-0.25, -0.2) is 0 Å². The Balaban J connectivity index is 1.71. The predicted molar refractivity (Wildman–Crippen MR) is 131 cm³/mol. The largest absolute Gasteiger partial charge is 0.481 e. The quantitative estimate of drug-likeness (QED) is 0.297. The Morgan fingerprint density at radius 2 is 2.06 bits per heavy atom. The molecule has 0 saturated heterocycles. The number of amides is 1. The van der Waals surface area contributed by atoms with Crippen LogP contribution in [0, 0.1) is 6.92 Å². The van der Waals surface area contributed by atoms with E-state index in [4.69, 9.17) is 16.3 Å². The Hall–Kier alpha value is -2.77. The van der Waals surface area contributed by atoms with Crippen LogP contribution in [0.1, 0.15) is 36.9 Å². The minimum absolute atomic E-state index is 0.0888. The number of allylic oxidation sites excluding steroid dienone is 1. The number of carbonyl (C=O) groups is 1. The van der Waals surface area contributed by atoms with Crippen LogP contribution in [0.15, 0.2) is 60.3 Å². The van der Waals surface area contributed by atoms with Crippen molar-refractivity contribution in [1.29, 1.82) is 0 Å². The molecule has 2 aromatic carbocycles. The van der Waals surface area contributed by atoms with Crippen LogP contribution >= 0.6 is 23.4 Å². The van der Waals surface area contributed by atoms with Crippen molar-refractivity contribution in [2.24, 2.45) is 0 Å². The van der Waals surface area contributed by atoms with E-state index >= 15 is 0 Å². The Bertz CT molecular complexity index is 1100. The molecule has 32 heavy (non-hydrogen) atoms. The van der Waals surface area contributed by atoms with Crippen LogP contribution in [0.4, 0.5) is 5.69 Å². The Kier molecular flexibility index (Phi) is 8.36. The molecule has 8 heteroatoms. The first-order valence-corrected chi connectivity index (χ1v) is 11.8. The van der Waals surface area contributed by atoms with E-state index in [1.165, 1.54) is 11.8 Å². The number of hydrogen-bond donors (Lipinski definition) is 1. The molecule has 1 amide bonds. The van der Waals surface area contributed by atoms with Crippen LogP contribution in [0.25, 0.3) is 0 Å². The number of aryl methyl sites for hydroxylation is 2. The number of benzene rings is 2. The van der Waals surface area contributed by atoms with Crippen molar-refractivity contribution >= 4 is 35.0 Å². The third-order valence-corrected chi connectivity index (χ3v) is 6.18. The highest BCUT2D eigenvalue weighted by Crippen LogP contribution is 2.29. The second-order valence-corrected chi connectivity index (χ2v) is 8.58. The van der Waals surface area contributed by atoms with E-state index < -0.39 is 0 Å². The van der Waals surface area contributed by atoms with Gasteiger partial charge >= 0.3 is 0 Å². The first-order chi connectivity index (χ1) is 15.4. The lowest BCUT2D eigenvalue weighted by molar-refractivity contribution is -0.113. The van der Waals surface area contributed by atoms with Gasteiger partial charge in [0.15, 0.2) is 17.1 Å². The number of anilines is 1. The number of thioether (sulfide) groups is 1. The van der Waals surface area contributed by atoms with Gasteiger partial charge in [0.1, 0.15) is 5.75 Å². The fraction of sp³-hybridized carbons (Fsp3) is 0.292. The molecule has 1 heterocycles. The van der Waals surface area contributed by atoms with Gasteiger partial charge in [0.25, 0.3) is 0 Å². The molecule has 1 unspecified atom stereocenters. The number of carbonyl (C=O) groups excluding carboxylic acids is 1. The Morgan fingerprint density at radius 1 is 1.28 bits per heavy atom. The van der Waals surface area contributed by atoms with Crippen molar-refractivity contribution < 1.29 is 9.53 Å². The number of ether oxygens (including phenoxy) is 1. The highest BCUT2D eigenvalue weighted by Gasteiger charge is 2.20. The lowest BCUT2D eigenvalue weighted by Crippen LogP contribution is -2.17. The van der Waals surface area contributed by atoms with Gasteiger partial charge in [-0.15, -0.1) is 16.8 Å². The molecule has 0 fully saturated rings. The zero-order chi connectivity index (χ0) is 23.1. The standard InChI is InChI=1S/C24H27ClN4O2S/c1-5-14-29-23(17(4)31-20-13-8-7-12-19(20)25)27-28-24(29)32-15-21(30)26-22-16(3)10-9-11-18(22)6-2/h5,7-13,17H,1,6,14-15H2,2-4H3,(H,26,30).